The number of nitrogens with one attached hydrogen (secondary N) is 3. The second-order valence-electron chi connectivity index (χ2n) is 8.94. The Bertz CT molecular complexity index is 1370. The highest BCUT2D eigenvalue weighted by atomic mass is 35.5. The van der Waals surface area contributed by atoms with Crippen molar-refractivity contribution >= 4 is 29.2 Å². The maximum Gasteiger partial charge on any atom is 0.417 e. The topological polar surface area (TPSA) is 105 Å². The molecular formula is C27H29ClF3N5O4. The van der Waals surface area contributed by atoms with Crippen LogP contribution in [0.3, 0.4) is 0 Å². The summed E-state index contributed by atoms with van der Waals surface area (Å²) in [6.45, 7) is 2.56. The van der Waals surface area contributed by atoms with Crippen LogP contribution < -0.4 is 25.4 Å². The Morgan fingerprint density at radius 3 is 2.48 bits per heavy atom. The Hall–Kier alpha value is -4.03. The van der Waals surface area contributed by atoms with E-state index in [0.29, 0.717) is 18.0 Å². The molecule has 3 amide bonds. The van der Waals surface area contributed by atoms with Crippen molar-refractivity contribution in [3.05, 3.63) is 76.1 Å². The predicted octanol–water partition coefficient (Wildman–Crippen LogP) is 5.48. The van der Waals surface area contributed by atoms with Gasteiger partial charge in [-0.05, 0) is 50.3 Å². The number of aromatic nitrogens is 1. The molecule has 3 N–H and O–H groups in total. The van der Waals surface area contributed by atoms with Gasteiger partial charge in [0.25, 0.3) is 5.91 Å². The number of likely N-dealkylation sites (N-methyl/N-ethyl adjacent to an activating group) is 1. The van der Waals surface area contributed by atoms with Gasteiger partial charge in [-0.25, -0.2) is 4.79 Å². The Morgan fingerprint density at radius 2 is 1.82 bits per heavy atom. The molecule has 1 heterocycles. The number of alkyl halides is 3. The van der Waals surface area contributed by atoms with Gasteiger partial charge in [0, 0.05) is 38.5 Å². The Morgan fingerprint density at radius 1 is 1.07 bits per heavy atom. The number of aryl methyl sites for hydroxylation is 1. The number of ether oxygens (including phenoxy) is 2. The number of anilines is 1. The average molecular weight is 580 g/mol. The quantitative estimate of drug-likeness (QED) is 0.294. The van der Waals surface area contributed by atoms with Crippen LogP contribution in [0.5, 0.6) is 17.2 Å². The van der Waals surface area contributed by atoms with E-state index in [1.807, 2.05) is 25.9 Å². The summed E-state index contributed by atoms with van der Waals surface area (Å²) in [5.74, 6) is 0.625. The van der Waals surface area contributed by atoms with Crippen molar-refractivity contribution in [3.63, 3.8) is 0 Å². The first-order valence-electron chi connectivity index (χ1n) is 12.1. The van der Waals surface area contributed by atoms with Crippen molar-refractivity contribution in [1.29, 1.82) is 0 Å². The number of carbonyl (C=O) groups is 2. The van der Waals surface area contributed by atoms with Gasteiger partial charge in [0.15, 0.2) is 0 Å². The standard InChI is InChI=1S/C27H29ClF3N5O4/c1-16-11-17(5-6-23(16)40-18-7-8-33-22(12-18)25(37)32-2)15-34-26(38)35-21-13-19(27(29,30)31)20(28)14-24(21)39-10-9-36(3)4/h5-8,11-14H,9-10,15H2,1-4H3,(H,32,37)(H2,34,35,38). The van der Waals surface area contributed by atoms with Crippen LogP contribution in [0, 0.1) is 6.92 Å². The molecule has 0 bridgehead atoms. The van der Waals surface area contributed by atoms with Gasteiger partial charge >= 0.3 is 12.2 Å². The monoisotopic (exact) mass is 579 g/mol. The van der Waals surface area contributed by atoms with E-state index >= 15 is 0 Å². The van der Waals surface area contributed by atoms with Gasteiger partial charge in [-0.3, -0.25) is 9.78 Å². The normalized spacial score (nSPS) is 11.2. The molecule has 0 unspecified atom stereocenters. The van der Waals surface area contributed by atoms with Gasteiger partial charge in [-0.2, -0.15) is 13.2 Å². The average Bonchev–Trinajstić information content (AvgIpc) is 2.89. The molecule has 0 fully saturated rings. The van der Waals surface area contributed by atoms with E-state index in [1.54, 1.807) is 24.3 Å². The van der Waals surface area contributed by atoms with Crippen LogP contribution in [-0.2, 0) is 12.7 Å². The molecule has 0 saturated carbocycles. The van der Waals surface area contributed by atoms with Crippen LogP contribution >= 0.6 is 11.6 Å². The van der Waals surface area contributed by atoms with Crippen molar-refractivity contribution in [1.82, 2.24) is 20.5 Å². The van der Waals surface area contributed by atoms with Crippen LogP contribution in [0.1, 0.15) is 27.2 Å². The summed E-state index contributed by atoms with van der Waals surface area (Å²) in [5.41, 5.74) is 0.421. The number of nitrogens with zero attached hydrogens (tertiary/aromatic N) is 2. The van der Waals surface area contributed by atoms with E-state index in [9.17, 15) is 22.8 Å². The third kappa shape index (κ3) is 8.48. The minimum absolute atomic E-state index is 0.0167. The molecule has 0 radical (unpaired) electrons. The molecule has 214 valence electrons. The first kappa shape index (κ1) is 30.5. The summed E-state index contributed by atoms with van der Waals surface area (Å²) in [6, 6.07) is 9.40. The summed E-state index contributed by atoms with van der Waals surface area (Å²) in [6.07, 6.45) is -3.25. The Kier molecular flexibility index (Phi) is 10.2. The lowest BCUT2D eigenvalue weighted by molar-refractivity contribution is -0.137. The number of hydrogen-bond donors (Lipinski definition) is 3. The Labute approximate surface area is 234 Å². The van der Waals surface area contributed by atoms with Crippen molar-refractivity contribution in [3.8, 4) is 17.2 Å². The largest absolute Gasteiger partial charge is 0.490 e. The van der Waals surface area contributed by atoms with Crippen molar-refractivity contribution in [2.24, 2.45) is 0 Å². The molecule has 3 aromatic rings. The maximum atomic E-state index is 13.4. The summed E-state index contributed by atoms with van der Waals surface area (Å²) in [4.78, 5) is 30.2. The SMILES string of the molecule is CNC(=O)c1cc(Oc2ccc(CNC(=O)Nc3cc(C(F)(F)F)c(Cl)cc3OCCN(C)C)cc2C)ccn1. The molecule has 9 nitrogen and oxygen atoms in total. The minimum Gasteiger partial charge on any atom is -0.490 e. The number of benzene rings is 2. The first-order valence-corrected chi connectivity index (χ1v) is 12.4. The van der Waals surface area contributed by atoms with Gasteiger partial charge in [0.2, 0.25) is 0 Å². The van der Waals surface area contributed by atoms with Gasteiger partial charge in [0.05, 0.1) is 16.3 Å². The van der Waals surface area contributed by atoms with Crippen molar-refractivity contribution in [2.75, 3.05) is 39.6 Å². The smallest absolute Gasteiger partial charge is 0.417 e. The fourth-order valence-electron chi connectivity index (χ4n) is 3.47. The van der Waals surface area contributed by atoms with E-state index < -0.39 is 22.8 Å². The van der Waals surface area contributed by atoms with E-state index in [0.717, 1.165) is 23.3 Å². The van der Waals surface area contributed by atoms with Gasteiger partial charge < -0.3 is 30.3 Å². The van der Waals surface area contributed by atoms with E-state index in [2.05, 4.69) is 20.9 Å². The lowest BCUT2D eigenvalue weighted by Crippen LogP contribution is -2.29. The fraction of sp³-hybridized carbons (Fsp3) is 0.296. The molecule has 40 heavy (non-hydrogen) atoms. The van der Waals surface area contributed by atoms with Crippen LogP contribution in [-0.4, -0.2) is 56.1 Å². The van der Waals surface area contributed by atoms with E-state index in [-0.39, 0.29) is 36.2 Å². The van der Waals surface area contributed by atoms with Gasteiger partial charge in [-0.1, -0.05) is 23.7 Å². The molecule has 0 saturated heterocycles. The molecule has 1 aromatic heterocycles. The Balaban J connectivity index is 1.68. The van der Waals surface area contributed by atoms with E-state index in [1.165, 1.54) is 19.3 Å². The zero-order chi connectivity index (χ0) is 29.4. The number of rotatable bonds is 10. The van der Waals surface area contributed by atoms with Crippen molar-refractivity contribution in [2.45, 2.75) is 19.6 Å². The molecule has 3 rings (SSSR count). The molecule has 0 spiro atoms. The van der Waals surface area contributed by atoms with Gasteiger partial charge in [0.1, 0.15) is 29.5 Å². The van der Waals surface area contributed by atoms with E-state index in [4.69, 9.17) is 21.1 Å². The lowest BCUT2D eigenvalue weighted by atomic mass is 10.1. The highest BCUT2D eigenvalue weighted by molar-refractivity contribution is 6.31. The minimum atomic E-state index is -4.71. The summed E-state index contributed by atoms with van der Waals surface area (Å²) >= 11 is 5.84. The lowest BCUT2D eigenvalue weighted by Gasteiger charge is -2.18. The molecule has 2 aromatic carbocycles. The molecular weight excluding hydrogens is 551 g/mol. The number of carbonyl (C=O) groups excluding carboxylic acids is 2. The molecule has 0 aliphatic rings. The summed E-state index contributed by atoms with van der Waals surface area (Å²) < 4.78 is 51.7. The number of urea groups is 1. The number of halogens is 4. The maximum absolute atomic E-state index is 13.4. The zero-order valence-corrected chi connectivity index (χ0v) is 23.0. The highest BCUT2D eigenvalue weighted by Crippen LogP contribution is 2.40. The number of amides is 3. The third-order valence-electron chi connectivity index (χ3n) is 5.53. The fourth-order valence-corrected chi connectivity index (χ4v) is 3.73. The molecule has 0 aliphatic heterocycles. The first-order chi connectivity index (χ1) is 18.9. The molecule has 0 atom stereocenters. The van der Waals surface area contributed by atoms with Crippen LogP contribution in [0.2, 0.25) is 5.02 Å². The third-order valence-corrected chi connectivity index (χ3v) is 5.84. The van der Waals surface area contributed by atoms with Crippen molar-refractivity contribution < 1.29 is 32.2 Å². The van der Waals surface area contributed by atoms with Crippen LogP contribution in [0.15, 0.2) is 48.7 Å². The second-order valence-corrected chi connectivity index (χ2v) is 9.35. The number of hydrogen-bond acceptors (Lipinski definition) is 6. The molecule has 0 aliphatic carbocycles. The predicted molar refractivity (Wildman–Crippen MR) is 145 cm³/mol. The van der Waals surface area contributed by atoms with Crippen LogP contribution in [0.25, 0.3) is 0 Å². The summed E-state index contributed by atoms with van der Waals surface area (Å²) in [5, 5.41) is 7.01. The number of pyridine rings is 1. The van der Waals surface area contributed by atoms with Crippen LogP contribution in [0.4, 0.5) is 23.7 Å². The second kappa shape index (κ2) is 13.4. The van der Waals surface area contributed by atoms with Gasteiger partial charge in [-0.15, -0.1) is 0 Å². The zero-order valence-electron chi connectivity index (χ0n) is 22.3. The highest BCUT2D eigenvalue weighted by Gasteiger charge is 2.34. The molecule has 13 heteroatoms. The summed E-state index contributed by atoms with van der Waals surface area (Å²) in [7, 11) is 5.14.